The third-order valence-corrected chi connectivity index (χ3v) is 2.45. The van der Waals surface area contributed by atoms with Gasteiger partial charge in [0.1, 0.15) is 0 Å². The Kier molecular flexibility index (Phi) is 4.01. The lowest BCUT2D eigenvalue weighted by Crippen LogP contribution is -2.18. The molecule has 19 heavy (non-hydrogen) atoms. The van der Waals surface area contributed by atoms with Gasteiger partial charge in [0.25, 0.3) is 5.95 Å². The summed E-state index contributed by atoms with van der Waals surface area (Å²) in [4.78, 5) is 1.31. The van der Waals surface area contributed by atoms with E-state index in [2.05, 4.69) is 21.0 Å². The van der Waals surface area contributed by atoms with Crippen LogP contribution < -0.4 is 20.6 Å². The average Bonchev–Trinajstić information content (AvgIpc) is 2.82. The molecule has 1 aromatic heterocycles. The van der Waals surface area contributed by atoms with E-state index in [0.29, 0.717) is 24.7 Å². The van der Waals surface area contributed by atoms with E-state index in [-0.39, 0.29) is 5.95 Å². The van der Waals surface area contributed by atoms with Crippen LogP contribution in [0.4, 0.5) is 5.95 Å². The van der Waals surface area contributed by atoms with Crippen molar-refractivity contribution in [3.8, 4) is 11.5 Å². The van der Waals surface area contributed by atoms with Gasteiger partial charge in [0.2, 0.25) is 0 Å². The van der Waals surface area contributed by atoms with Crippen molar-refractivity contribution >= 4 is 5.95 Å². The second-order valence-corrected chi connectivity index (χ2v) is 3.70. The number of hydrogen-bond donors (Lipinski definition) is 2. The first-order valence-corrected chi connectivity index (χ1v) is 5.82. The number of nitrogen functional groups attached to an aromatic ring is 1. The zero-order valence-electron chi connectivity index (χ0n) is 10.8. The quantitative estimate of drug-likeness (QED) is 0.779. The molecule has 0 radical (unpaired) electrons. The predicted octanol–water partition coefficient (Wildman–Crippen LogP) is 0.406. The van der Waals surface area contributed by atoms with E-state index < -0.39 is 0 Å². The van der Waals surface area contributed by atoms with E-state index in [1.807, 2.05) is 25.1 Å². The second kappa shape index (κ2) is 5.89. The molecule has 0 bridgehead atoms. The first kappa shape index (κ1) is 12.9. The summed E-state index contributed by atoms with van der Waals surface area (Å²) in [5.41, 5.74) is 9.52. The van der Waals surface area contributed by atoms with Crippen LogP contribution >= 0.6 is 0 Å². The molecule has 0 aliphatic heterocycles. The van der Waals surface area contributed by atoms with E-state index in [9.17, 15) is 0 Å². The highest BCUT2D eigenvalue weighted by atomic mass is 16.5. The van der Waals surface area contributed by atoms with Crippen LogP contribution in [-0.2, 0) is 6.54 Å². The van der Waals surface area contributed by atoms with Gasteiger partial charge in [0.15, 0.2) is 11.5 Å². The van der Waals surface area contributed by atoms with E-state index in [1.165, 1.54) is 4.79 Å². The summed E-state index contributed by atoms with van der Waals surface area (Å²) < 4.78 is 10.7. The Morgan fingerprint density at radius 1 is 1.37 bits per heavy atom. The third-order valence-electron chi connectivity index (χ3n) is 2.45. The number of benzene rings is 1. The van der Waals surface area contributed by atoms with Gasteiger partial charge in [-0.1, -0.05) is 11.2 Å². The van der Waals surface area contributed by atoms with Crippen LogP contribution in [0, 0.1) is 0 Å². The number of rotatable bonds is 6. The standard InChI is InChI=1S/C11H16N6O2/c1-3-19-10-6-8(4-5-9(10)18-2)7-13-17-11(12)14-15-16-17/h4-6,13H,3,7H2,1-2H3,(H2,12,14,16). The molecule has 0 aliphatic rings. The van der Waals surface area contributed by atoms with Crippen molar-refractivity contribution in [1.82, 2.24) is 20.3 Å². The van der Waals surface area contributed by atoms with Crippen LogP contribution in [0.15, 0.2) is 18.2 Å². The molecule has 0 saturated carbocycles. The topological polar surface area (TPSA) is 100 Å². The van der Waals surface area contributed by atoms with Gasteiger partial charge in [-0.05, 0) is 35.0 Å². The summed E-state index contributed by atoms with van der Waals surface area (Å²) in [5, 5.41) is 10.7. The molecular weight excluding hydrogens is 248 g/mol. The van der Waals surface area contributed by atoms with Gasteiger partial charge in [-0.15, -0.1) is 4.79 Å². The Bertz CT molecular complexity index is 542. The minimum Gasteiger partial charge on any atom is -0.493 e. The highest BCUT2D eigenvalue weighted by Gasteiger charge is 2.06. The number of methoxy groups -OCH3 is 1. The molecule has 8 nitrogen and oxygen atoms in total. The van der Waals surface area contributed by atoms with E-state index in [4.69, 9.17) is 15.2 Å². The summed E-state index contributed by atoms with van der Waals surface area (Å²) in [5.74, 6) is 1.61. The van der Waals surface area contributed by atoms with Crippen molar-refractivity contribution in [2.45, 2.75) is 13.5 Å². The Morgan fingerprint density at radius 3 is 2.84 bits per heavy atom. The van der Waals surface area contributed by atoms with Gasteiger partial charge < -0.3 is 20.6 Å². The van der Waals surface area contributed by atoms with E-state index >= 15 is 0 Å². The Morgan fingerprint density at radius 2 is 2.21 bits per heavy atom. The average molecular weight is 264 g/mol. The Hall–Kier alpha value is -2.51. The van der Waals surface area contributed by atoms with Crippen LogP contribution in [0.3, 0.4) is 0 Å². The minimum atomic E-state index is 0.207. The number of nitrogens with zero attached hydrogens (tertiary/aromatic N) is 4. The summed E-state index contributed by atoms with van der Waals surface area (Å²) in [6.45, 7) is 3.01. The normalized spacial score (nSPS) is 10.2. The summed E-state index contributed by atoms with van der Waals surface area (Å²) in [7, 11) is 1.61. The van der Waals surface area contributed by atoms with Crippen LogP contribution in [0.25, 0.3) is 0 Å². The maximum absolute atomic E-state index is 5.55. The molecule has 0 amide bonds. The monoisotopic (exact) mass is 264 g/mol. The van der Waals surface area contributed by atoms with Gasteiger partial charge in [-0.25, -0.2) is 0 Å². The number of tetrazole rings is 1. The maximum Gasteiger partial charge on any atom is 0.260 e. The van der Waals surface area contributed by atoms with Crippen molar-refractivity contribution in [2.75, 3.05) is 24.9 Å². The lowest BCUT2D eigenvalue weighted by molar-refractivity contribution is 0.310. The number of anilines is 1. The summed E-state index contributed by atoms with van der Waals surface area (Å²) >= 11 is 0. The van der Waals surface area contributed by atoms with Crippen LogP contribution in [0.1, 0.15) is 12.5 Å². The zero-order valence-corrected chi connectivity index (χ0v) is 10.8. The van der Waals surface area contributed by atoms with Crippen molar-refractivity contribution in [3.05, 3.63) is 23.8 Å². The third kappa shape index (κ3) is 3.03. The van der Waals surface area contributed by atoms with Gasteiger partial charge in [0.05, 0.1) is 20.3 Å². The smallest absolute Gasteiger partial charge is 0.260 e. The summed E-state index contributed by atoms with van der Waals surface area (Å²) in [6, 6.07) is 5.68. The lowest BCUT2D eigenvalue weighted by atomic mass is 10.2. The molecule has 2 rings (SSSR count). The molecule has 2 aromatic rings. The van der Waals surface area contributed by atoms with Crippen molar-refractivity contribution in [3.63, 3.8) is 0 Å². The highest BCUT2D eigenvalue weighted by molar-refractivity contribution is 5.43. The minimum absolute atomic E-state index is 0.207. The molecule has 0 aliphatic carbocycles. The molecule has 0 spiro atoms. The fourth-order valence-electron chi connectivity index (χ4n) is 1.57. The maximum atomic E-state index is 5.55. The number of nitrogens with two attached hydrogens (primary N) is 1. The van der Waals surface area contributed by atoms with Gasteiger partial charge >= 0.3 is 0 Å². The van der Waals surface area contributed by atoms with Crippen molar-refractivity contribution < 1.29 is 9.47 Å². The molecule has 3 N–H and O–H groups in total. The fraction of sp³-hybridized carbons (Fsp3) is 0.364. The molecule has 8 heteroatoms. The molecule has 1 heterocycles. The number of hydrogen-bond acceptors (Lipinski definition) is 7. The highest BCUT2D eigenvalue weighted by Crippen LogP contribution is 2.28. The van der Waals surface area contributed by atoms with E-state index in [0.717, 1.165) is 5.56 Å². The number of ether oxygens (including phenoxy) is 2. The molecular formula is C11H16N6O2. The largest absolute Gasteiger partial charge is 0.493 e. The van der Waals surface area contributed by atoms with E-state index in [1.54, 1.807) is 7.11 Å². The van der Waals surface area contributed by atoms with Crippen LogP contribution in [0.5, 0.6) is 11.5 Å². The van der Waals surface area contributed by atoms with Gasteiger partial charge in [-0.2, -0.15) is 0 Å². The predicted molar refractivity (Wildman–Crippen MR) is 69.5 cm³/mol. The molecule has 0 unspecified atom stereocenters. The van der Waals surface area contributed by atoms with Crippen LogP contribution in [0.2, 0.25) is 0 Å². The second-order valence-electron chi connectivity index (χ2n) is 3.70. The molecule has 0 saturated heterocycles. The Labute approximate surface area is 110 Å². The lowest BCUT2D eigenvalue weighted by Gasteiger charge is -2.11. The first-order valence-electron chi connectivity index (χ1n) is 5.82. The number of nitrogens with one attached hydrogen (secondary N) is 1. The van der Waals surface area contributed by atoms with Crippen molar-refractivity contribution in [2.24, 2.45) is 0 Å². The zero-order chi connectivity index (χ0) is 13.7. The molecule has 1 aromatic carbocycles. The van der Waals surface area contributed by atoms with Crippen LogP contribution in [-0.4, -0.2) is 34.0 Å². The Balaban J connectivity index is 2.08. The summed E-state index contributed by atoms with van der Waals surface area (Å²) in [6.07, 6.45) is 0. The number of aromatic nitrogens is 4. The van der Waals surface area contributed by atoms with Gasteiger partial charge in [0, 0.05) is 0 Å². The molecule has 0 atom stereocenters. The fourth-order valence-corrected chi connectivity index (χ4v) is 1.57. The van der Waals surface area contributed by atoms with Crippen molar-refractivity contribution in [1.29, 1.82) is 0 Å². The van der Waals surface area contributed by atoms with Gasteiger partial charge in [-0.3, -0.25) is 0 Å². The molecule has 0 fully saturated rings. The molecule has 102 valence electrons. The first-order chi connectivity index (χ1) is 9.24. The SMILES string of the molecule is CCOc1cc(CNn2nnnc2N)ccc1OC.